The van der Waals surface area contributed by atoms with Crippen LogP contribution in [0, 0.1) is 0 Å². The molecule has 1 atom stereocenters. The second kappa shape index (κ2) is 4.64. The highest BCUT2D eigenvalue weighted by molar-refractivity contribution is 7.99. The zero-order valence-electron chi connectivity index (χ0n) is 9.45. The lowest BCUT2D eigenvalue weighted by atomic mass is 10.1. The highest BCUT2D eigenvalue weighted by Gasteiger charge is 2.32. The molecule has 3 fully saturated rings. The predicted octanol–water partition coefficient (Wildman–Crippen LogP) is 1.71. The van der Waals surface area contributed by atoms with Crippen molar-refractivity contribution in [3.05, 3.63) is 0 Å². The molecule has 0 bridgehead atoms. The van der Waals surface area contributed by atoms with Crippen LogP contribution in [0.15, 0.2) is 0 Å². The molecule has 0 spiro atoms. The number of nitrogens with one attached hydrogen (secondary N) is 1. The molecule has 1 aliphatic carbocycles. The van der Waals surface area contributed by atoms with E-state index in [9.17, 15) is 0 Å². The van der Waals surface area contributed by atoms with E-state index in [0.29, 0.717) is 0 Å². The Labute approximate surface area is 97.2 Å². The van der Waals surface area contributed by atoms with Gasteiger partial charge in [0.2, 0.25) is 0 Å². The van der Waals surface area contributed by atoms with Gasteiger partial charge in [-0.2, -0.15) is 11.8 Å². The van der Waals surface area contributed by atoms with Crippen molar-refractivity contribution in [1.29, 1.82) is 0 Å². The first-order valence-corrected chi connectivity index (χ1v) is 7.65. The van der Waals surface area contributed by atoms with Crippen molar-refractivity contribution in [3.8, 4) is 0 Å². The molecule has 0 aromatic carbocycles. The van der Waals surface area contributed by atoms with Gasteiger partial charge in [-0.05, 0) is 43.6 Å². The Morgan fingerprint density at radius 2 is 1.73 bits per heavy atom. The highest BCUT2D eigenvalue weighted by atomic mass is 32.2. The molecule has 15 heavy (non-hydrogen) atoms. The summed E-state index contributed by atoms with van der Waals surface area (Å²) in [6, 6.07) is 2.61. The maximum absolute atomic E-state index is 3.77. The van der Waals surface area contributed by atoms with E-state index in [1.54, 1.807) is 0 Å². The molecule has 3 rings (SSSR count). The molecule has 0 amide bonds. The SMILES string of the molecule is C1CC(N2CCC(NC3CC3)C2)CCS1. The average Bonchev–Trinajstić information content (AvgIpc) is 2.96. The fraction of sp³-hybridized carbons (Fsp3) is 1.00. The van der Waals surface area contributed by atoms with Gasteiger partial charge in [-0.3, -0.25) is 4.90 Å². The lowest BCUT2D eigenvalue weighted by Crippen LogP contribution is -2.39. The molecule has 2 saturated heterocycles. The van der Waals surface area contributed by atoms with Gasteiger partial charge in [0.15, 0.2) is 0 Å². The van der Waals surface area contributed by atoms with Crippen LogP contribution in [-0.2, 0) is 0 Å². The van der Waals surface area contributed by atoms with Crippen LogP contribution in [0.1, 0.15) is 32.1 Å². The molecular weight excluding hydrogens is 204 g/mol. The lowest BCUT2D eigenvalue weighted by Gasteiger charge is -2.30. The zero-order valence-corrected chi connectivity index (χ0v) is 10.3. The summed E-state index contributed by atoms with van der Waals surface area (Å²) >= 11 is 2.14. The molecule has 1 N–H and O–H groups in total. The summed E-state index contributed by atoms with van der Waals surface area (Å²) in [5, 5.41) is 3.77. The molecular formula is C12H22N2S. The van der Waals surface area contributed by atoms with E-state index >= 15 is 0 Å². The fourth-order valence-corrected chi connectivity index (χ4v) is 3.97. The minimum Gasteiger partial charge on any atom is -0.310 e. The molecule has 86 valence electrons. The summed E-state index contributed by atoms with van der Waals surface area (Å²) in [6.07, 6.45) is 7.11. The van der Waals surface area contributed by atoms with Gasteiger partial charge in [0.1, 0.15) is 0 Å². The summed E-state index contributed by atoms with van der Waals surface area (Å²) in [5.41, 5.74) is 0. The fourth-order valence-electron chi connectivity index (χ4n) is 2.89. The molecule has 1 unspecified atom stereocenters. The second-order valence-corrected chi connectivity index (χ2v) is 6.49. The first-order valence-electron chi connectivity index (χ1n) is 6.49. The van der Waals surface area contributed by atoms with Gasteiger partial charge in [-0.1, -0.05) is 0 Å². The number of thioether (sulfide) groups is 1. The number of nitrogens with zero attached hydrogens (tertiary/aromatic N) is 1. The summed E-state index contributed by atoms with van der Waals surface area (Å²) in [6.45, 7) is 2.67. The summed E-state index contributed by atoms with van der Waals surface area (Å²) in [5.74, 6) is 2.78. The Balaban J connectivity index is 1.46. The van der Waals surface area contributed by atoms with Crippen molar-refractivity contribution in [2.45, 2.75) is 50.2 Å². The smallest absolute Gasteiger partial charge is 0.0209 e. The van der Waals surface area contributed by atoms with E-state index in [1.165, 1.54) is 56.7 Å². The lowest BCUT2D eigenvalue weighted by molar-refractivity contribution is 0.224. The van der Waals surface area contributed by atoms with E-state index in [1.807, 2.05) is 0 Å². The molecule has 0 aromatic heterocycles. The van der Waals surface area contributed by atoms with Gasteiger partial charge in [0.05, 0.1) is 0 Å². The van der Waals surface area contributed by atoms with Crippen molar-refractivity contribution in [2.24, 2.45) is 0 Å². The standard InChI is InChI=1S/C12H22N2S/c1-2-10(1)13-11-3-6-14(9-11)12-4-7-15-8-5-12/h10-13H,1-9H2. The monoisotopic (exact) mass is 226 g/mol. The normalized spacial score (nSPS) is 34.8. The van der Waals surface area contributed by atoms with Gasteiger partial charge in [0.25, 0.3) is 0 Å². The third-order valence-corrected chi connectivity index (χ3v) is 5.02. The Morgan fingerprint density at radius 1 is 0.933 bits per heavy atom. The summed E-state index contributed by atoms with van der Waals surface area (Å²) in [4.78, 5) is 2.75. The third-order valence-electron chi connectivity index (χ3n) is 3.98. The van der Waals surface area contributed by atoms with Crippen LogP contribution < -0.4 is 5.32 Å². The highest BCUT2D eigenvalue weighted by Crippen LogP contribution is 2.26. The minimum absolute atomic E-state index is 0.812. The minimum atomic E-state index is 0.812. The molecule has 3 aliphatic rings. The molecule has 1 saturated carbocycles. The van der Waals surface area contributed by atoms with Crippen LogP contribution in [0.4, 0.5) is 0 Å². The number of likely N-dealkylation sites (tertiary alicyclic amines) is 1. The van der Waals surface area contributed by atoms with Crippen LogP contribution in [0.3, 0.4) is 0 Å². The zero-order chi connectivity index (χ0) is 10.1. The Hall–Kier alpha value is 0.270. The van der Waals surface area contributed by atoms with E-state index in [2.05, 4.69) is 22.0 Å². The van der Waals surface area contributed by atoms with Crippen molar-refractivity contribution in [1.82, 2.24) is 10.2 Å². The van der Waals surface area contributed by atoms with Gasteiger partial charge in [-0.25, -0.2) is 0 Å². The largest absolute Gasteiger partial charge is 0.310 e. The molecule has 0 radical (unpaired) electrons. The molecule has 2 heterocycles. The maximum atomic E-state index is 3.77. The van der Waals surface area contributed by atoms with Crippen LogP contribution in [0.25, 0.3) is 0 Å². The van der Waals surface area contributed by atoms with Gasteiger partial charge in [0, 0.05) is 31.2 Å². The van der Waals surface area contributed by atoms with Crippen LogP contribution in [-0.4, -0.2) is 47.6 Å². The first kappa shape index (κ1) is 10.4. The van der Waals surface area contributed by atoms with Crippen molar-refractivity contribution < 1.29 is 0 Å². The third kappa shape index (κ3) is 2.69. The van der Waals surface area contributed by atoms with Gasteiger partial charge >= 0.3 is 0 Å². The van der Waals surface area contributed by atoms with E-state index < -0.39 is 0 Å². The van der Waals surface area contributed by atoms with E-state index in [0.717, 1.165) is 18.1 Å². The number of hydrogen-bond donors (Lipinski definition) is 1. The number of rotatable bonds is 3. The molecule has 3 heteroatoms. The van der Waals surface area contributed by atoms with E-state index in [-0.39, 0.29) is 0 Å². The average molecular weight is 226 g/mol. The molecule has 2 nitrogen and oxygen atoms in total. The van der Waals surface area contributed by atoms with Gasteiger partial charge < -0.3 is 5.32 Å². The van der Waals surface area contributed by atoms with Crippen LogP contribution >= 0.6 is 11.8 Å². The van der Waals surface area contributed by atoms with Crippen molar-refractivity contribution in [3.63, 3.8) is 0 Å². The van der Waals surface area contributed by atoms with Crippen molar-refractivity contribution >= 4 is 11.8 Å². The van der Waals surface area contributed by atoms with Gasteiger partial charge in [-0.15, -0.1) is 0 Å². The second-order valence-electron chi connectivity index (χ2n) is 5.27. The predicted molar refractivity (Wildman–Crippen MR) is 66.5 cm³/mol. The van der Waals surface area contributed by atoms with Crippen LogP contribution in [0.5, 0.6) is 0 Å². The molecule has 2 aliphatic heterocycles. The van der Waals surface area contributed by atoms with Crippen molar-refractivity contribution in [2.75, 3.05) is 24.6 Å². The summed E-state index contributed by atoms with van der Waals surface area (Å²) < 4.78 is 0. The Bertz CT molecular complexity index is 212. The quantitative estimate of drug-likeness (QED) is 0.789. The van der Waals surface area contributed by atoms with Crippen LogP contribution in [0.2, 0.25) is 0 Å². The first-order chi connectivity index (χ1) is 7.42. The Kier molecular flexibility index (Phi) is 3.23. The maximum Gasteiger partial charge on any atom is 0.0209 e. The molecule has 0 aromatic rings. The number of hydrogen-bond acceptors (Lipinski definition) is 3. The van der Waals surface area contributed by atoms with E-state index in [4.69, 9.17) is 0 Å². The Morgan fingerprint density at radius 3 is 2.47 bits per heavy atom. The topological polar surface area (TPSA) is 15.3 Å². The summed E-state index contributed by atoms with van der Waals surface area (Å²) in [7, 11) is 0.